The number of thiophene rings is 1. The number of ether oxygens (including phenoxy) is 1. The standard InChI is InChI=1S/C16H22N2O4S/c1-4-5-6-13(20)17-15-14(16(21)22-3)11-7-8-18(10(2)19)9-12(11)23-15/h4-9H2,1-3H3,(H,17,20). The van der Waals surface area contributed by atoms with E-state index in [-0.39, 0.29) is 11.8 Å². The summed E-state index contributed by atoms with van der Waals surface area (Å²) in [5, 5.41) is 3.37. The van der Waals surface area contributed by atoms with E-state index in [0.717, 1.165) is 23.3 Å². The Kier molecular flexibility index (Phi) is 5.76. The monoisotopic (exact) mass is 338 g/mol. The Morgan fingerprint density at radius 1 is 1.35 bits per heavy atom. The predicted molar refractivity (Wildman–Crippen MR) is 88.6 cm³/mol. The van der Waals surface area contributed by atoms with Crippen LogP contribution in [0.4, 0.5) is 5.00 Å². The van der Waals surface area contributed by atoms with E-state index in [0.29, 0.717) is 36.5 Å². The van der Waals surface area contributed by atoms with E-state index in [2.05, 4.69) is 5.32 Å². The van der Waals surface area contributed by atoms with Gasteiger partial charge in [0.1, 0.15) is 5.00 Å². The Balaban J connectivity index is 2.29. The number of anilines is 1. The van der Waals surface area contributed by atoms with Crippen LogP contribution in [0.25, 0.3) is 0 Å². The van der Waals surface area contributed by atoms with E-state index in [1.807, 2.05) is 6.92 Å². The molecule has 0 fully saturated rings. The van der Waals surface area contributed by atoms with Crippen molar-refractivity contribution in [2.24, 2.45) is 0 Å². The maximum atomic E-state index is 12.1. The minimum Gasteiger partial charge on any atom is -0.465 e. The van der Waals surface area contributed by atoms with Gasteiger partial charge in [-0.25, -0.2) is 4.79 Å². The molecular weight excluding hydrogens is 316 g/mol. The summed E-state index contributed by atoms with van der Waals surface area (Å²) in [4.78, 5) is 38.4. The molecule has 2 heterocycles. The van der Waals surface area contributed by atoms with Crippen LogP contribution in [0.15, 0.2) is 0 Å². The van der Waals surface area contributed by atoms with Crippen molar-refractivity contribution in [1.82, 2.24) is 4.90 Å². The number of hydrogen-bond acceptors (Lipinski definition) is 5. The first-order chi connectivity index (χ1) is 11.0. The second kappa shape index (κ2) is 7.59. The van der Waals surface area contributed by atoms with Crippen molar-refractivity contribution >= 4 is 34.1 Å². The molecule has 0 unspecified atom stereocenters. The van der Waals surface area contributed by atoms with Gasteiger partial charge in [0.05, 0.1) is 19.2 Å². The molecule has 0 spiro atoms. The Morgan fingerprint density at radius 2 is 2.09 bits per heavy atom. The molecule has 6 nitrogen and oxygen atoms in total. The molecule has 0 saturated carbocycles. The normalized spacial score (nSPS) is 13.4. The number of nitrogens with zero attached hydrogens (tertiary/aromatic N) is 1. The Bertz CT molecular complexity index is 624. The molecule has 1 aromatic rings. The van der Waals surface area contributed by atoms with Gasteiger partial charge in [-0.15, -0.1) is 11.3 Å². The molecule has 1 aliphatic heterocycles. The van der Waals surface area contributed by atoms with Gasteiger partial charge in [0, 0.05) is 24.8 Å². The molecule has 23 heavy (non-hydrogen) atoms. The second-order valence-electron chi connectivity index (χ2n) is 5.54. The van der Waals surface area contributed by atoms with Crippen LogP contribution in [-0.2, 0) is 27.3 Å². The van der Waals surface area contributed by atoms with Crippen molar-refractivity contribution in [2.45, 2.75) is 46.1 Å². The van der Waals surface area contributed by atoms with Gasteiger partial charge in [-0.2, -0.15) is 0 Å². The lowest BCUT2D eigenvalue weighted by atomic mass is 10.0. The smallest absolute Gasteiger partial charge is 0.341 e. The molecule has 7 heteroatoms. The summed E-state index contributed by atoms with van der Waals surface area (Å²) in [5.74, 6) is -0.527. The number of nitrogens with one attached hydrogen (secondary N) is 1. The third-order valence-corrected chi connectivity index (χ3v) is 5.03. The van der Waals surface area contributed by atoms with E-state index in [4.69, 9.17) is 4.74 Å². The van der Waals surface area contributed by atoms with Crippen molar-refractivity contribution in [1.29, 1.82) is 0 Å². The Hall–Kier alpha value is -1.89. The SMILES string of the molecule is CCCCC(=O)Nc1sc2c(c1C(=O)OC)CCN(C(C)=O)C2. The molecule has 0 bridgehead atoms. The highest BCUT2D eigenvalue weighted by atomic mass is 32.1. The van der Waals surface area contributed by atoms with Crippen LogP contribution >= 0.6 is 11.3 Å². The van der Waals surface area contributed by atoms with Gasteiger partial charge in [-0.05, 0) is 18.4 Å². The Morgan fingerprint density at radius 3 is 2.70 bits per heavy atom. The van der Waals surface area contributed by atoms with Gasteiger partial charge in [0.15, 0.2) is 0 Å². The average Bonchev–Trinajstić information content (AvgIpc) is 2.88. The van der Waals surface area contributed by atoms with Crippen LogP contribution in [0.1, 0.15) is 53.9 Å². The largest absolute Gasteiger partial charge is 0.465 e. The van der Waals surface area contributed by atoms with Crippen LogP contribution in [0, 0.1) is 0 Å². The molecule has 2 rings (SSSR count). The zero-order valence-corrected chi connectivity index (χ0v) is 14.5. The molecule has 0 aliphatic carbocycles. The summed E-state index contributed by atoms with van der Waals surface area (Å²) in [5.41, 5.74) is 1.34. The maximum Gasteiger partial charge on any atom is 0.341 e. The van der Waals surface area contributed by atoms with Crippen molar-refractivity contribution in [3.05, 3.63) is 16.0 Å². The molecule has 0 radical (unpaired) electrons. The number of fused-ring (bicyclic) bond motifs is 1. The van der Waals surface area contributed by atoms with Crippen LogP contribution in [0.2, 0.25) is 0 Å². The molecular formula is C16H22N2O4S. The zero-order valence-electron chi connectivity index (χ0n) is 13.7. The van der Waals surface area contributed by atoms with Gasteiger partial charge in [0.2, 0.25) is 11.8 Å². The van der Waals surface area contributed by atoms with E-state index < -0.39 is 5.97 Å². The highest BCUT2D eigenvalue weighted by Gasteiger charge is 2.29. The topological polar surface area (TPSA) is 75.7 Å². The average molecular weight is 338 g/mol. The molecule has 1 aromatic heterocycles. The van der Waals surface area contributed by atoms with Crippen molar-refractivity contribution in [2.75, 3.05) is 19.0 Å². The number of carbonyl (C=O) groups excluding carboxylic acids is 3. The lowest BCUT2D eigenvalue weighted by molar-refractivity contribution is -0.129. The van der Waals surface area contributed by atoms with Crippen LogP contribution in [0.3, 0.4) is 0 Å². The van der Waals surface area contributed by atoms with Crippen LogP contribution < -0.4 is 5.32 Å². The van der Waals surface area contributed by atoms with Crippen molar-refractivity contribution in [3.8, 4) is 0 Å². The molecule has 0 aromatic carbocycles. The third kappa shape index (κ3) is 3.90. The lowest BCUT2D eigenvalue weighted by Gasteiger charge is -2.25. The first kappa shape index (κ1) is 17.5. The quantitative estimate of drug-likeness (QED) is 0.837. The first-order valence-electron chi connectivity index (χ1n) is 7.76. The number of hydrogen-bond donors (Lipinski definition) is 1. The van der Waals surface area contributed by atoms with E-state index in [1.54, 1.807) is 4.90 Å². The van der Waals surface area contributed by atoms with Crippen molar-refractivity contribution < 1.29 is 19.1 Å². The second-order valence-corrected chi connectivity index (χ2v) is 6.65. The lowest BCUT2D eigenvalue weighted by Crippen LogP contribution is -2.33. The summed E-state index contributed by atoms with van der Waals surface area (Å²) in [7, 11) is 1.33. The van der Waals surface area contributed by atoms with E-state index in [1.165, 1.54) is 25.4 Å². The number of unbranched alkanes of at least 4 members (excludes halogenated alkanes) is 1. The summed E-state index contributed by atoms with van der Waals surface area (Å²) >= 11 is 1.36. The summed E-state index contributed by atoms with van der Waals surface area (Å²) in [6, 6.07) is 0. The van der Waals surface area contributed by atoms with E-state index >= 15 is 0 Å². The molecule has 0 atom stereocenters. The van der Waals surface area contributed by atoms with E-state index in [9.17, 15) is 14.4 Å². The Labute approximate surface area is 139 Å². The number of rotatable bonds is 5. The summed E-state index contributed by atoms with van der Waals surface area (Å²) in [6.07, 6.45) is 2.77. The molecule has 1 N–H and O–H groups in total. The fourth-order valence-corrected chi connectivity index (χ4v) is 3.87. The fraction of sp³-hybridized carbons (Fsp3) is 0.562. The maximum absolute atomic E-state index is 12.1. The summed E-state index contributed by atoms with van der Waals surface area (Å²) in [6.45, 7) is 4.61. The number of methoxy groups -OCH3 is 1. The van der Waals surface area contributed by atoms with Crippen LogP contribution in [0.5, 0.6) is 0 Å². The predicted octanol–water partition coefficient (Wildman–Crippen LogP) is 2.57. The number of carbonyl (C=O) groups is 3. The van der Waals surface area contributed by atoms with Gasteiger partial charge in [-0.1, -0.05) is 13.3 Å². The third-order valence-electron chi connectivity index (χ3n) is 3.90. The van der Waals surface area contributed by atoms with Gasteiger partial charge in [-0.3, -0.25) is 9.59 Å². The minimum atomic E-state index is -0.440. The minimum absolute atomic E-state index is 0.0113. The summed E-state index contributed by atoms with van der Waals surface area (Å²) < 4.78 is 4.87. The molecule has 2 amide bonds. The van der Waals surface area contributed by atoms with Crippen molar-refractivity contribution in [3.63, 3.8) is 0 Å². The van der Waals surface area contributed by atoms with Gasteiger partial charge >= 0.3 is 5.97 Å². The van der Waals surface area contributed by atoms with Gasteiger partial charge < -0.3 is 15.0 Å². The first-order valence-corrected chi connectivity index (χ1v) is 8.57. The van der Waals surface area contributed by atoms with Gasteiger partial charge in [0.25, 0.3) is 0 Å². The fourth-order valence-electron chi connectivity index (χ4n) is 2.60. The highest BCUT2D eigenvalue weighted by molar-refractivity contribution is 7.17. The molecule has 126 valence electrons. The molecule has 0 saturated heterocycles. The zero-order chi connectivity index (χ0) is 17.0. The number of esters is 1. The number of amides is 2. The highest BCUT2D eigenvalue weighted by Crippen LogP contribution is 2.37. The van der Waals surface area contributed by atoms with Crippen LogP contribution in [-0.4, -0.2) is 36.3 Å². The molecule has 1 aliphatic rings.